The summed E-state index contributed by atoms with van der Waals surface area (Å²) in [4.78, 5) is 11.9. The standard InChI is InChI=1S/C15H21OP/c1-14(2)10-12(16)11-15(3,4)17(14)13-8-6-5-7-9-13/h5-9H,10-11H2,1-4H3. The number of hydrogen-bond donors (Lipinski definition) is 0. The number of Topliss-reactive ketones (excluding diaryl/α,β-unsaturated/α-hetero) is 1. The van der Waals surface area contributed by atoms with Crippen LogP contribution in [0.2, 0.25) is 0 Å². The summed E-state index contributed by atoms with van der Waals surface area (Å²) in [6, 6.07) is 10.7. The summed E-state index contributed by atoms with van der Waals surface area (Å²) >= 11 is 0. The largest absolute Gasteiger partial charge is 0.300 e. The monoisotopic (exact) mass is 248 g/mol. The molecule has 1 aromatic carbocycles. The minimum Gasteiger partial charge on any atom is -0.300 e. The molecule has 1 fully saturated rings. The summed E-state index contributed by atoms with van der Waals surface area (Å²) in [7, 11) is -0.301. The Morgan fingerprint density at radius 2 is 1.41 bits per heavy atom. The first kappa shape index (κ1) is 12.8. The third kappa shape index (κ3) is 2.45. The lowest BCUT2D eigenvalue weighted by Gasteiger charge is -2.49. The van der Waals surface area contributed by atoms with E-state index in [0.717, 1.165) is 12.8 Å². The number of carbonyl (C=O) groups is 1. The lowest BCUT2D eigenvalue weighted by molar-refractivity contribution is -0.120. The van der Waals surface area contributed by atoms with Crippen LogP contribution in [-0.4, -0.2) is 16.1 Å². The highest BCUT2D eigenvalue weighted by atomic mass is 31.1. The molecule has 17 heavy (non-hydrogen) atoms. The quantitative estimate of drug-likeness (QED) is 0.692. The van der Waals surface area contributed by atoms with E-state index in [1.165, 1.54) is 5.30 Å². The predicted octanol–water partition coefficient (Wildman–Crippen LogP) is 3.71. The van der Waals surface area contributed by atoms with Crippen molar-refractivity contribution in [3.63, 3.8) is 0 Å². The van der Waals surface area contributed by atoms with Crippen molar-refractivity contribution in [2.24, 2.45) is 0 Å². The third-order valence-electron chi connectivity index (χ3n) is 3.48. The van der Waals surface area contributed by atoms with Crippen LogP contribution in [0.1, 0.15) is 40.5 Å². The van der Waals surface area contributed by atoms with E-state index in [2.05, 4.69) is 58.0 Å². The molecule has 1 aromatic rings. The smallest absolute Gasteiger partial charge is 0.134 e. The highest BCUT2D eigenvalue weighted by Crippen LogP contribution is 2.63. The van der Waals surface area contributed by atoms with Gasteiger partial charge < -0.3 is 0 Å². The van der Waals surface area contributed by atoms with Crippen molar-refractivity contribution in [3.8, 4) is 0 Å². The molecular weight excluding hydrogens is 227 g/mol. The molecule has 0 aliphatic carbocycles. The van der Waals surface area contributed by atoms with Gasteiger partial charge in [-0.25, -0.2) is 0 Å². The van der Waals surface area contributed by atoms with Crippen LogP contribution in [0.5, 0.6) is 0 Å². The first-order valence-electron chi connectivity index (χ1n) is 6.20. The van der Waals surface area contributed by atoms with Crippen LogP contribution in [0.15, 0.2) is 30.3 Å². The maximum absolute atomic E-state index is 11.9. The van der Waals surface area contributed by atoms with Gasteiger partial charge in [-0.15, -0.1) is 0 Å². The number of rotatable bonds is 1. The zero-order chi connectivity index (χ0) is 12.7. The van der Waals surface area contributed by atoms with Gasteiger partial charge in [0.05, 0.1) is 0 Å². The maximum atomic E-state index is 11.9. The average Bonchev–Trinajstić information content (AvgIpc) is 2.14. The van der Waals surface area contributed by atoms with Crippen molar-refractivity contribution in [2.45, 2.75) is 50.8 Å². The molecular formula is C15H21OP. The summed E-state index contributed by atoms with van der Waals surface area (Å²) in [5.41, 5.74) is 0. The lowest BCUT2D eigenvalue weighted by Crippen LogP contribution is -2.43. The molecule has 0 aromatic heterocycles. The van der Waals surface area contributed by atoms with Crippen molar-refractivity contribution in [2.75, 3.05) is 0 Å². The van der Waals surface area contributed by atoms with Gasteiger partial charge in [-0.3, -0.25) is 4.79 Å². The van der Waals surface area contributed by atoms with Gasteiger partial charge in [-0.1, -0.05) is 65.9 Å². The van der Waals surface area contributed by atoms with E-state index in [9.17, 15) is 4.79 Å². The van der Waals surface area contributed by atoms with Gasteiger partial charge in [0, 0.05) is 12.8 Å². The summed E-state index contributed by atoms with van der Waals surface area (Å²) in [6.07, 6.45) is 1.47. The van der Waals surface area contributed by atoms with Crippen LogP contribution in [0.4, 0.5) is 0 Å². The van der Waals surface area contributed by atoms with Gasteiger partial charge in [0.2, 0.25) is 0 Å². The van der Waals surface area contributed by atoms with Crippen molar-refractivity contribution >= 4 is 19.0 Å². The van der Waals surface area contributed by atoms with Crippen LogP contribution < -0.4 is 5.30 Å². The Bertz CT molecular complexity index is 400. The van der Waals surface area contributed by atoms with E-state index < -0.39 is 0 Å². The Morgan fingerprint density at radius 3 is 1.88 bits per heavy atom. The highest BCUT2D eigenvalue weighted by molar-refractivity contribution is 7.68. The zero-order valence-electron chi connectivity index (χ0n) is 11.2. The van der Waals surface area contributed by atoms with E-state index in [1.807, 2.05) is 0 Å². The van der Waals surface area contributed by atoms with Gasteiger partial charge >= 0.3 is 0 Å². The Kier molecular flexibility index (Phi) is 3.16. The van der Waals surface area contributed by atoms with E-state index in [0.29, 0.717) is 5.78 Å². The van der Waals surface area contributed by atoms with Gasteiger partial charge in [-0.05, 0) is 15.6 Å². The molecule has 1 saturated heterocycles. The molecule has 0 saturated carbocycles. The van der Waals surface area contributed by atoms with Gasteiger partial charge in [0.25, 0.3) is 0 Å². The van der Waals surface area contributed by atoms with E-state index in [4.69, 9.17) is 0 Å². The summed E-state index contributed by atoms with van der Waals surface area (Å²) in [6.45, 7) is 9.02. The van der Waals surface area contributed by atoms with Crippen LogP contribution in [0.25, 0.3) is 0 Å². The number of hydrogen-bond acceptors (Lipinski definition) is 1. The molecule has 0 spiro atoms. The first-order valence-corrected chi connectivity index (χ1v) is 7.54. The van der Waals surface area contributed by atoms with Crippen LogP contribution in [0.3, 0.4) is 0 Å². The Morgan fingerprint density at radius 1 is 0.941 bits per heavy atom. The molecule has 0 bridgehead atoms. The average molecular weight is 248 g/mol. The highest BCUT2D eigenvalue weighted by Gasteiger charge is 2.47. The second kappa shape index (κ2) is 4.21. The topological polar surface area (TPSA) is 17.1 Å². The molecule has 0 amide bonds. The van der Waals surface area contributed by atoms with Crippen molar-refractivity contribution < 1.29 is 4.79 Å². The molecule has 2 heteroatoms. The fourth-order valence-electron chi connectivity index (χ4n) is 3.28. The Hall–Kier alpha value is -0.680. The second-order valence-corrected chi connectivity index (χ2v) is 9.80. The van der Waals surface area contributed by atoms with Crippen molar-refractivity contribution in [3.05, 3.63) is 30.3 Å². The predicted molar refractivity (Wildman–Crippen MR) is 75.4 cm³/mol. The van der Waals surface area contributed by atoms with Gasteiger partial charge in [0.15, 0.2) is 0 Å². The minimum atomic E-state index is -0.301. The van der Waals surface area contributed by atoms with Crippen LogP contribution in [-0.2, 0) is 4.79 Å². The third-order valence-corrected chi connectivity index (χ3v) is 7.04. The fraction of sp³-hybridized carbons (Fsp3) is 0.533. The Labute approximate surface area is 105 Å². The molecule has 0 N–H and O–H groups in total. The molecule has 1 aliphatic heterocycles. The fourth-order valence-corrected chi connectivity index (χ4v) is 7.46. The van der Waals surface area contributed by atoms with Gasteiger partial charge in [-0.2, -0.15) is 0 Å². The molecule has 0 atom stereocenters. The van der Waals surface area contributed by atoms with E-state index in [-0.39, 0.29) is 18.2 Å². The van der Waals surface area contributed by atoms with Crippen LogP contribution in [0, 0.1) is 0 Å². The van der Waals surface area contributed by atoms with Crippen molar-refractivity contribution in [1.29, 1.82) is 0 Å². The SMILES string of the molecule is CC1(C)CC(=O)CC(C)(C)P1c1ccccc1. The van der Waals surface area contributed by atoms with Crippen LogP contribution >= 0.6 is 7.92 Å². The molecule has 1 heterocycles. The summed E-state index contributed by atoms with van der Waals surface area (Å²) < 4.78 is 0. The first-order chi connectivity index (χ1) is 7.83. The second-order valence-electron chi connectivity index (χ2n) is 6.19. The number of carbonyl (C=O) groups excluding carboxylic acids is 1. The molecule has 1 aliphatic rings. The normalized spacial score (nSPS) is 23.6. The number of ketones is 1. The lowest BCUT2D eigenvalue weighted by atomic mass is 9.96. The number of benzene rings is 1. The molecule has 1 nitrogen and oxygen atoms in total. The molecule has 0 radical (unpaired) electrons. The minimum absolute atomic E-state index is 0.121. The molecule has 92 valence electrons. The summed E-state index contributed by atoms with van der Waals surface area (Å²) in [5, 5.41) is 1.68. The van der Waals surface area contributed by atoms with E-state index in [1.54, 1.807) is 0 Å². The Balaban J connectivity index is 2.45. The van der Waals surface area contributed by atoms with Crippen molar-refractivity contribution in [1.82, 2.24) is 0 Å². The van der Waals surface area contributed by atoms with Gasteiger partial charge in [0.1, 0.15) is 5.78 Å². The molecule has 0 unspecified atom stereocenters. The summed E-state index contributed by atoms with van der Waals surface area (Å²) in [5.74, 6) is 0.426. The molecule has 2 rings (SSSR count). The zero-order valence-corrected chi connectivity index (χ0v) is 12.1. The maximum Gasteiger partial charge on any atom is 0.134 e. The van der Waals surface area contributed by atoms with E-state index >= 15 is 0 Å².